The number of nitrogens with one attached hydrogen (secondary N) is 1. The number of nitrogens with zero attached hydrogens (tertiary/aromatic N) is 2. The third kappa shape index (κ3) is 2.51. The smallest absolute Gasteiger partial charge is 0.134 e. The van der Waals surface area contributed by atoms with Crippen molar-refractivity contribution in [3.8, 4) is 5.75 Å². The summed E-state index contributed by atoms with van der Waals surface area (Å²) < 4.78 is 5.26. The number of anilines is 1. The number of fused-ring (bicyclic) bond motifs is 1. The van der Waals surface area contributed by atoms with E-state index in [0.717, 1.165) is 28.0 Å². The minimum absolute atomic E-state index is 0.673. The average molecular weight is 271 g/mol. The second-order valence-corrected chi connectivity index (χ2v) is 4.80. The second-order valence-electron chi connectivity index (χ2n) is 4.08. The van der Waals surface area contributed by atoms with Crippen LogP contribution in [-0.4, -0.2) is 17.1 Å². The van der Waals surface area contributed by atoms with Crippen LogP contribution in [0.25, 0.3) is 10.8 Å². The Morgan fingerprint density at radius 1 is 1.26 bits per heavy atom. The molecule has 0 radical (unpaired) electrons. The van der Waals surface area contributed by atoms with Crippen LogP contribution in [0, 0.1) is 0 Å². The third-order valence-electron chi connectivity index (χ3n) is 2.89. The van der Waals surface area contributed by atoms with Gasteiger partial charge in [-0.05, 0) is 23.6 Å². The summed E-state index contributed by atoms with van der Waals surface area (Å²) in [7, 11) is 1.67. The van der Waals surface area contributed by atoms with Crippen molar-refractivity contribution in [2.75, 3.05) is 12.4 Å². The quantitative estimate of drug-likeness (QED) is 0.790. The van der Waals surface area contributed by atoms with Gasteiger partial charge in [0.15, 0.2) is 0 Å². The Labute approximate surface area is 115 Å². The third-order valence-corrected chi connectivity index (χ3v) is 3.53. The van der Waals surface area contributed by atoms with Gasteiger partial charge in [-0.3, -0.25) is 0 Å². The highest BCUT2D eigenvalue weighted by Gasteiger charge is 2.04. The van der Waals surface area contributed by atoms with Crippen molar-refractivity contribution in [2.24, 2.45) is 0 Å². The number of hydrogen-bond acceptors (Lipinski definition) is 5. The molecule has 0 amide bonds. The van der Waals surface area contributed by atoms with Crippen LogP contribution in [0.2, 0.25) is 0 Å². The SMILES string of the molecule is COc1ccc2ccnc(NCc3cscn3)c2c1. The maximum atomic E-state index is 5.26. The lowest BCUT2D eigenvalue weighted by Gasteiger charge is -2.08. The minimum atomic E-state index is 0.673. The zero-order valence-electron chi connectivity index (χ0n) is 10.5. The Balaban J connectivity index is 1.93. The summed E-state index contributed by atoms with van der Waals surface area (Å²) in [6.07, 6.45) is 1.80. The van der Waals surface area contributed by atoms with Crippen molar-refractivity contribution in [1.82, 2.24) is 9.97 Å². The van der Waals surface area contributed by atoms with Gasteiger partial charge in [0.1, 0.15) is 11.6 Å². The largest absolute Gasteiger partial charge is 0.497 e. The molecule has 0 fully saturated rings. The molecule has 3 rings (SSSR count). The van der Waals surface area contributed by atoms with Crippen LogP contribution in [0.1, 0.15) is 5.69 Å². The molecule has 1 N–H and O–H groups in total. The number of pyridine rings is 1. The van der Waals surface area contributed by atoms with Crippen LogP contribution in [0.3, 0.4) is 0 Å². The summed E-state index contributed by atoms with van der Waals surface area (Å²) in [6, 6.07) is 7.96. The van der Waals surface area contributed by atoms with Crippen LogP contribution in [0.15, 0.2) is 41.4 Å². The molecule has 96 valence electrons. The highest BCUT2D eigenvalue weighted by molar-refractivity contribution is 7.07. The van der Waals surface area contributed by atoms with Crippen molar-refractivity contribution in [2.45, 2.75) is 6.54 Å². The van der Waals surface area contributed by atoms with E-state index in [-0.39, 0.29) is 0 Å². The summed E-state index contributed by atoms with van der Waals surface area (Å²) in [5.74, 6) is 1.68. The van der Waals surface area contributed by atoms with Gasteiger partial charge in [-0.15, -0.1) is 11.3 Å². The molecule has 0 atom stereocenters. The van der Waals surface area contributed by atoms with E-state index < -0.39 is 0 Å². The highest BCUT2D eigenvalue weighted by Crippen LogP contribution is 2.25. The molecule has 0 bridgehead atoms. The molecule has 5 heteroatoms. The van der Waals surface area contributed by atoms with Crippen molar-refractivity contribution >= 4 is 27.9 Å². The van der Waals surface area contributed by atoms with Gasteiger partial charge >= 0.3 is 0 Å². The van der Waals surface area contributed by atoms with Gasteiger partial charge in [-0.25, -0.2) is 9.97 Å². The topological polar surface area (TPSA) is 47.0 Å². The van der Waals surface area contributed by atoms with Crippen LogP contribution in [-0.2, 0) is 6.54 Å². The number of benzene rings is 1. The maximum Gasteiger partial charge on any atom is 0.134 e. The van der Waals surface area contributed by atoms with Crippen molar-refractivity contribution in [3.05, 3.63) is 47.0 Å². The molecule has 0 saturated heterocycles. The Morgan fingerprint density at radius 2 is 2.21 bits per heavy atom. The summed E-state index contributed by atoms with van der Waals surface area (Å²) in [4.78, 5) is 8.64. The molecule has 19 heavy (non-hydrogen) atoms. The normalized spacial score (nSPS) is 10.6. The van der Waals surface area contributed by atoms with E-state index in [2.05, 4.69) is 15.3 Å². The Kier molecular flexibility index (Phi) is 3.29. The molecule has 0 aliphatic rings. The lowest BCUT2D eigenvalue weighted by atomic mass is 10.1. The van der Waals surface area contributed by atoms with E-state index in [1.807, 2.05) is 35.2 Å². The Morgan fingerprint density at radius 3 is 3.00 bits per heavy atom. The van der Waals surface area contributed by atoms with E-state index in [1.165, 1.54) is 0 Å². The van der Waals surface area contributed by atoms with Crippen molar-refractivity contribution in [3.63, 3.8) is 0 Å². The van der Waals surface area contributed by atoms with E-state index in [4.69, 9.17) is 4.74 Å². The Bertz CT molecular complexity index is 682. The van der Waals surface area contributed by atoms with E-state index in [0.29, 0.717) is 6.54 Å². The summed E-state index contributed by atoms with van der Waals surface area (Å²) >= 11 is 1.59. The molecule has 2 heterocycles. The van der Waals surface area contributed by atoms with Gasteiger partial charge in [-0.2, -0.15) is 0 Å². The molecule has 3 aromatic rings. The molecule has 0 aliphatic heterocycles. The molecule has 0 saturated carbocycles. The van der Waals surface area contributed by atoms with Crippen LogP contribution in [0.4, 0.5) is 5.82 Å². The summed E-state index contributed by atoms with van der Waals surface area (Å²) in [5.41, 5.74) is 2.85. The molecule has 0 aliphatic carbocycles. The lowest BCUT2D eigenvalue weighted by Crippen LogP contribution is -2.02. The van der Waals surface area contributed by atoms with Gasteiger partial charge in [0.2, 0.25) is 0 Å². The fourth-order valence-corrected chi connectivity index (χ4v) is 2.47. The first kappa shape index (κ1) is 11.9. The van der Waals surface area contributed by atoms with Crippen molar-refractivity contribution < 1.29 is 4.74 Å². The fraction of sp³-hybridized carbons (Fsp3) is 0.143. The maximum absolute atomic E-state index is 5.26. The van der Waals surface area contributed by atoms with E-state index >= 15 is 0 Å². The lowest BCUT2D eigenvalue weighted by molar-refractivity contribution is 0.415. The number of ether oxygens (including phenoxy) is 1. The predicted molar refractivity (Wildman–Crippen MR) is 77.7 cm³/mol. The number of rotatable bonds is 4. The first-order valence-electron chi connectivity index (χ1n) is 5.90. The number of aromatic nitrogens is 2. The van der Waals surface area contributed by atoms with Gasteiger partial charge in [-0.1, -0.05) is 6.07 Å². The standard InChI is InChI=1S/C14H13N3OS/c1-18-12-3-2-10-4-5-15-14(13(10)6-12)16-7-11-8-19-9-17-11/h2-6,8-9H,7H2,1H3,(H,15,16). The zero-order valence-corrected chi connectivity index (χ0v) is 11.3. The first-order chi connectivity index (χ1) is 9.36. The minimum Gasteiger partial charge on any atom is -0.497 e. The summed E-state index contributed by atoms with van der Waals surface area (Å²) in [6.45, 7) is 0.673. The molecule has 0 spiro atoms. The van der Waals surface area contributed by atoms with Gasteiger partial charge < -0.3 is 10.1 Å². The van der Waals surface area contributed by atoms with E-state index in [9.17, 15) is 0 Å². The molecular formula is C14H13N3OS. The van der Waals surface area contributed by atoms with Crippen molar-refractivity contribution in [1.29, 1.82) is 0 Å². The number of thiazole rings is 1. The molecule has 2 aromatic heterocycles. The fourth-order valence-electron chi connectivity index (χ4n) is 1.91. The average Bonchev–Trinajstić information content (AvgIpc) is 2.97. The Hall–Kier alpha value is -2.14. The zero-order chi connectivity index (χ0) is 13.1. The number of hydrogen-bond donors (Lipinski definition) is 1. The molecule has 4 nitrogen and oxygen atoms in total. The van der Waals surface area contributed by atoms with Gasteiger partial charge in [0.25, 0.3) is 0 Å². The van der Waals surface area contributed by atoms with Crippen LogP contribution < -0.4 is 10.1 Å². The predicted octanol–water partition coefficient (Wildman–Crippen LogP) is 3.31. The van der Waals surface area contributed by atoms with E-state index in [1.54, 1.807) is 24.6 Å². The number of methoxy groups -OCH3 is 1. The van der Waals surface area contributed by atoms with Gasteiger partial charge in [0, 0.05) is 17.0 Å². The molecule has 1 aromatic carbocycles. The first-order valence-corrected chi connectivity index (χ1v) is 6.85. The summed E-state index contributed by atoms with van der Waals surface area (Å²) in [5, 5.41) is 7.53. The van der Waals surface area contributed by atoms with Gasteiger partial charge in [0.05, 0.1) is 24.9 Å². The highest BCUT2D eigenvalue weighted by atomic mass is 32.1. The second kappa shape index (κ2) is 5.24. The molecule has 0 unspecified atom stereocenters. The van der Waals surface area contributed by atoms with Crippen LogP contribution >= 0.6 is 11.3 Å². The molecular weight excluding hydrogens is 258 g/mol. The monoisotopic (exact) mass is 271 g/mol. The van der Waals surface area contributed by atoms with Crippen LogP contribution in [0.5, 0.6) is 5.75 Å².